The Labute approximate surface area is 256 Å². The third-order valence-electron chi connectivity index (χ3n) is 10.4. The lowest BCUT2D eigenvalue weighted by molar-refractivity contribution is -0.158. The predicted octanol–water partition coefficient (Wildman–Crippen LogP) is 4.13. The summed E-state index contributed by atoms with van der Waals surface area (Å²) in [6.07, 6.45) is 10.9. The molecule has 4 fully saturated rings. The fourth-order valence-corrected chi connectivity index (χ4v) is 8.57. The second-order valence-corrected chi connectivity index (χ2v) is 13.1. The van der Waals surface area contributed by atoms with Gasteiger partial charge in [-0.15, -0.1) is 13.2 Å². The fourth-order valence-electron chi connectivity index (χ4n) is 8.57. The number of rotatable bonds is 13. The van der Waals surface area contributed by atoms with Crippen LogP contribution < -0.4 is 0 Å². The number of hydrogen-bond donors (Lipinski definition) is 1. The van der Waals surface area contributed by atoms with E-state index in [1.54, 1.807) is 22.0 Å². The second-order valence-electron chi connectivity index (χ2n) is 13.1. The summed E-state index contributed by atoms with van der Waals surface area (Å²) in [5, 5.41) is 10.8. The zero-order valence-corrected chi connectivity index (χ0v) is 26.0. The Hall–Kier alpha value is -2.97. The molecule has 1 aromatic carbocycles. The minimum atomic E-state index is -1.13. The smallest absolute Gasteiger partial charge is 0.248 e. The van der Waals surface area contributed by atoms with Gasteiger partial charge in [0.25, 0.3) is 0 Å². The van der Waals surface area contributed by atoms with Gasteiger partial charge in [0.1, 0.15) is 11.6 Å². The molecule has 2 bridgehead atoms. The van der Waals surface area contributed by atoms with Gasteiger partial charge < -0.3 is 24.5 Å². The van der Waals surface area contributed by atoms with Crippen molar-refractivity contribution in [1.82, 2.24) is 14.7 Å². The van der Waals surface area contributed by atoms with E-state index < -0.39 is 35.1 Å². The van der Waals surface area contributed by atoms with Gasteiger partial charge in [-0.1, -0.05) is 68.7 Å². The van der Waals surface area contributed by atoms with Gasteiger partial charge in [0, 0.05) is 25.7 Å². The lowest BCUT2D eigenvalue weighted by Crippen LogP contribution is -2.60. The van der Waals surface area contributed by atoms with Gasteiger partial charge in [0.2, 0.25) is 17.7 Å². The van der Waals surface area contributed by atoms with E-state index in [9.17, 15) is 19.5 Å². The topological polar surface area (TPSA) is 90.4 Å². The van der Waals surface area contributed by atoms with E-state index in [1.807, 2.05) is 49.1 Å². The minimum Gasteiger partial charge on any atom is -0.394 e. The Morgan fingerprint density at radius 2 is 1.79 bits per heavy atom. The first-order chi connectivity index (χ1) is 20.8. The predicted molar refractivity (Wildman–Crippen MR) is 166 cm³/mol. The molecule has 234 valence electrons. The van der Waals surface area contributed by atoms with Gasteiger partial charge in [-0.25, -0.2) is 0 Å². The number of fused-ring (bicyclic) bond motifs is 1. The van der Waals surface area contributed by atoms with Crippen molar-refractivity contribution in [2.24, 2.45) is 11.8 Å². The Morgan fingerprint density at radius 3 is 2.42 bits per heavy atom. The molecule has 1 aliphatic carbocycles. The standard InChI is InChI=1S/C35H49N3O5/c1-5-20-36(21-6-2)31(40)28-29-32(41)38(27(24-39)23-25-14-10-8-11-15-25)30(35(29)19-18-34(28,4)43-35)33(42)37(22-7-3)26-16-12-9-13-17-26/h5,7-8,10-11,14-15,26-30,39H,1,3,6,9,12-13,16-24H2,2,4H3/t27-,28-,29+,30?,34+,35?/m1/s1. The van der Waals surface area contributed by atoms with Crippen molar-refractivity contribution in [2.45, 2.75) is 101 Å². The lowest BCUT2D eigenvalue weighted by atomic mass is 9.66. The van der Waals surface area contributed by atoms with Gasteiger partial charge in [-0.3, -0.25) is 14.4 Å². The second kappa shape index (κ2) is 12.9. The molecule has 4 aliphatic rings. The number of carbonyl (C=O) groups excluding carboxylic acids is 3. The molecule has 3 saturated heterocycles. The zero-order chi connectivity index (χ0) is 30.8. The Morgan fingerprint density at radius 1 is 1.09 bits per heavy atom. The summed E-state index contributed by atoms with van der Waals surface area (Å²) in [5.74, 6) is -2.02. The van der Waals surface area contributed by atoms with Crippen LogP contribution >= 0.6 is 0 Å². The number of benzene rings is 1. The van der Waals surface area contributed by atoms with Crippen molar-refractivity contribution < 1.29 is 24.2 Å². The van der Waals surface area contributed by atoms with Gasteiger partial charge in [0.05, 0.1) is 30.1 Å². The third kappa shape index (κ3) is 5.46. The van der Waals surface area contributed by atoms with Crippen molar-refractivity contribution in [3.8, 4) is 0 Å². The molecule has 1 N–H and O–H groups in total. The first kappa shape index (κ1) is 31.5. The van der Waals surface area contributed by atoms with Crippen LogP contribution in [0.25, 0.3) is 0 Å². The van der Waals surface area contributed by atoms with Gasteiger partial charge in [-0.2, -0.15) is 0 Å². The summed E-state index contributed by atoms with van der Waals surface area (Å²) in [7, 11) is 0. The summed E-state index contributed by atoms with van der Waals surface area (Å²) in [6, 6.07) is 8.24. The van der Waals surface area contributed by atoms with Crippen LogP contribution in [0.1, 0.15) is 70.8 Å². The largest absolute Gasteiger partial charge is 0.394 e. The van der Waals surface area contributed by atoms with Gasteiger partial charge >= 0.3 is 0 Å². The summed E-state index contributed by atoms with van der Waals surface area (Å²) in [6.45, 7) is 12.8. The van der Waals surface area contributed by atoms with Gasteiger partial charge in [0.15, 0.2) is 0 Å². The molecular formula is C35H49N3O5. The Bertz CT molecular complexity index is 1200. The molecule has 1 saturated carbocycles. The molecule has 43 heavy (non-hydrogen) atoms. The highest BCUT2D eigenvalue weighted by Gasteiger charge is 2.79. The molecule has 2 unspecified atom stereocenters. The number of hydrogen-bond acceptors (Lipinski definition) is 5. The molecular weight excluding hydrogens is 542 g/mol. The van der Waals surface area contributed by atoms with Crippen molar-refractivity contribution in [2.75, 3.05) is 26.2 Å². The SMILES string of the molecule is C=CCN(CCC)C(=O)[C@H]1[C@H]2C(=O)N([C@@H](CO)Cc3ccccc3)C(C(=O)N(CC=C)C3CCCCC3)C23CC[C@]1(C)O3. The molecule has 1 spiro atoms. The van der Waals surface area contributed by atoms with E-state index in [0.717, 1.165) is 44.1 Å². The van der Waals surface area contributed by atoms with Crippen LogP contribution in [0.2, 0.25) is 0 Å². The number of aliphatic hydroxyl groups is 1. The summed E-state index contributed by atoms with van der Waals surface area (Å²) >= 11 is 0. The van der Waals surface area contributed by atoms with E-state index >= 15 is 0 Å². The average molecular weight is 592 g/mol. The van der Waals surface area contributed by atoms with Crippen LogP contribution in [-0.4, -0.2) is 93.1 Å². The number of carbonyl (C=O) groups is 3. The number of likely N-dealkylation sites (tertiary alicyclic amines) is 1. The molecule has 3 aliphatic heterocycles. The maximum Gasteiger partial charge on any atom is 0.248 e. The molecule has 0 aromatic heterocycles. The lowest BCUT2D eigenvalue weighted by Gasteiger charge is -2.42. The minimum absolute atomic E-state index is 0.0626. The highest BCUT2D eigenvalue weighted by molar-refractivity contribution is 5.99. The fraction of sp³-hybridized carbons (Fsp3) is 0.629. The Kier molecular flexibility index (Phi) is 9.47. The number of amides is 3. The van der Waals surface area contributed by atoms with Crippen LogP contribution in [-0.2, 0) is 25.5 Å². The molecule has 8 heteroatoms. The molecule has 5 rings (SSSR count). The molecule has 1 aromatic rings. The maximum absolute atomic E-state index is 14.9. The first-order valence-electron chi connectivity index (χ1n) is 16.2. The van der Waals surface area contributed by atoms with E-state index in [2.05, 4.69) is 13.2 Å². The first-order valence-corrected chi connectivity index (χ1v) is 16.2. The van der Waals surface area contributed by atoms with Crippen LogP contribution in [0.15, 0.2) is 55.6 Å². The molecule has 6 atom stereocenters. The zero-order valence-electron chi connectivity index (χ0n) is 26.0. The highest BCUT2D eigenvalue weighted by Crippen LogP contribution is 2.64. The highest BCUT2D eigenvalue weighted by atomic mass is 16.5. The summed E-state index contributed by atoms with van der Waals surface area (Å²) in [5.41, 5.74) is -1.01. The molecule has 0 radical (unpaired) electrons. The van der Waals surface area contributed by atoms with E-state index in [1.165, 1.54) is 0 Å². The van der Waals surface area contributed by atoms with Crippen molar-refractivity contribution >= 4 is 17.7 Å². The number of aliphatic hydroxyl groups excluding tert-OH is 1. The molecule has 3 amide bonds. The summed E-state index contributed by atoms with van der Waals surface area (Å²) < 4.78 is 6.92. The quantitative estimate of drug-likeness (QED) is 0.349. The van der Waals surface area contributed by atoms with Crippen LogP contribution in [0.3, 0.4) is 0 Å². The van der Waals surface area contributed by atoms with E-state index in [-0.39, 0.29) is 30.4 Å². The number of nitrogens with zero attached hydrogens (tertiary/aromatic N) is 3. The van der Waals surface area contributed by atoms with Crippen LogP contribution in [0.5, 0.6) is 0 Å². The molecule has 8 nitrogen and oxygen atoms in total. The third-order valence-corrected chi connectivity index (χ3v) is 10.4. The molecule has 3 heterocycles. The van der Waals surface area contributed by atoms with Crippen molar-refractivity contribution in [3.63, 3.8) is 0 Å². The van der Waals surface area contributed by atoms with E-state index in [4.69, 9.17) is 4.74 Å². The normalized spacial score (nSPS) is 30.6. The van der Waals surface area contributed by atoms with E-state index in [0.29, 0.717) is 38.9 Å². The number of ether oxygens (including phenoxy) is 1. The summed E-state index contributed by atoms with van der Waals surface area (Å²) in [4.78, 5) is 49.3. The van der Waals surface area contributed by atoms with Crippen LogP contribution in [0, 0.1) is 11.8 Å². The van der Waals surface area contributed by atoms with Crippen molar-refractivity contribution in [1.29, 1.82) is 0 Å². The average Bonchev–Trinajstić information content (AvgIpc) is 3.59. The van der Waals surface area contributed by atoms with Crippen molar-refractivity contribution in [3.05, 3.63) is 61.2 Å². The van der Waals surface area contributed by atoms with Crippen LogP contribution in [0.4, 0.5) is 0 Å². The Balaban J connectivity index is 1.60. The van der Waals surface area contributed by atoms with Gasteiger partial charge in [-0.05, 0) is 51.0 Å². The monoisotopic (exact) mass is 591 g/mol. The maximum atomic E-state index is 14.9.